The third kappa shape index (κ3) is 5.56. The molecular weight excluding hydrogens is 428 g/mol. The SMILES string of the molecule is CC(=O)c1ccc(S(=O)(=O)NCCC(=O)N2CCN(c3ccc(Cl)cn3)CC2)cc1. The Balaban J connectivity index is 1.46. The molecular formula is C20H23ClN4O4S. The number of piperazine rings is 1. The van der Waals surface area contributed by atoms with E-state index < -0.39 is 10.0 Å². The molecule has 0 radical (unpaired) electrons. The fraction of sp³-hybridized carbons (Fsp3) is 0.350. The smallest absolute Gasteiger partial charge is 0.240 e. The van der Waals surface area contributed by atoms with Crippen LogP contribution in [-0.4, -0.2) is 62.7 Å². The number of nitrogens with one attached hydrogen (secondary N) is 1. The van der Waals surface area contributed by atoms with Crippen molar-refractivity contribution in [2.24, 2.45) is 0 Å². The number of carbonyl (C=O) groups excluding carboxylic acids is 2. The summed E-state index contributed by atoms with van der Waals surface area (Å²) in [5.41, 5.74) is 0.442. The summed E-state index contributed by atoms with van der Waals surface area (Å²) >= 11 is 5.86. The van der Waals surface area contributed by atoms with E-state index in [1.54, 1.807) is 17.2 Å². The highest BCUT2D eigenvalue weighted by molar-refractivity contribution is 7.89. The van der Waals surface area contributed by atoms with Crippen molar-refractivity contribution in [2.45, 2.75) is 18.2 Å². The fourth-order valence-electron chi connectivity index (χ4n) is 3.14. The number of nitrogens with zero attached hydrogens (tertiary/aromatic N) is 3. The zero-order valence-corrected chi connectivity index (χ0v) is 18.1. The number of rotatable bonds is 7. The number of anilines is 1. The van der Waals surface area contributed by atoms with Crippen LogP contribution in [-0.2, 0) is 14.8 Å². The molecule has 0 aliphatic carbocycles. The van der Waals surface area contributed by atoms with Gasteiger partial charge in [0.25, 0.3) is 0 Å². The molecule has 1 N–H and O–H groups in total. The highest BCUT2D eigenvalue weighted by Crippen LogP contribution is 2.16. The van der Waals surface area contributed by atoms with Crippen molar-refractivity contribution in [1.82, 2.24) is 14.6 Å². The lowest BCUT2D eigenvalue weighted by Crippen LogP contribution is -2.49. The molecule has 160 valence electrons. The summed E-state index contributed by atoms with van der Waals surface area (Å²) in [6, 6.07) is 9.32. The molecule has 30 heavy (non-hydrogen) atoms. The zero-order valence-electron chi connectivity index (χ0n) is 16.5. The van der Waals surface area contributed by atoms with Gasteiger partial charge in [-0.15, -0.1) is 0 Å². The van der Waals surface area contributed by atoms with Crippen LogP contribution in [0.4, 0.5) is 5.82 Å². The molecule has 2 aromatic rings. The van der Waals surface area contributed by atoms with Gasteiger partial charge in [-0.2, -0.15) is 0 Å². The molecule has 0 spiro atoms. The minimum atomic E-state index is -3.74. The fourth-order valence-corrected chi connectivity index (χ4v) is 4.29. The molecule has 1 amide bonds. The van der Waals surface area contributed by atoms with Crippen molar-refractivity contribution >= 4 is 39.1 Å². The quantitative estimate of drug-likeness (QED) is 0.647. The van der Waals surface area contributed by atoms with Gasteiger partial charge in [0.15, 0.2) is 5.78 Å². The summed E-state index contributed by atoms with van der Waals surface area (Å²) in [7, 11) is -3.74. The monoisotopic (exact) mass is 450 g/mol. The minimum Gasteiger partial charge on any atom is -0.353 e. The lowest BCUT2D eigenvalue weighted by Gasteiger charge is -2.35. The van der Waals surface area contributed by atoms with Gasteiger partial charge in [-0.1, -0.05) is 23.7 Å². The maximum absolute atomic E-state index is 12.4. The molecule has 1 fully saturated rings. The number of amides is 1. The van der Waals surface area contributed by atoms with Gasteiger partial charge in [-0.05, 0) is 31.2 Å². The Hall–Kier alpha value is -2.49. The number of pyridine rings is 1. The molecule has 0 bridgehead atoms. The van der Waals surface area contributed by atoms with Gasteiger partial charge in [0, 0.05) is 50.9 Å². The summed E-state index contributed by atoms with van der Waals surface area (Å²) in [5, 5.41) is 0.574. The third-order valence-electron chi connectivity index (χ3n) is 4.87. The molecule has 0 saturated carbocycles. The Bertz CT molecular complexity index is 1000. The molecule has 2 heterocycles. The summed E-state index contributed by atoms with van der Waals surface area (Å²) in [6.07, 6.45) is 1.66. The van der Waals surface area contributed by atoms with Gasteiger partial charge in [-0.3, -0.25) is 9.59 Å². The van der Waals surface area contributed by atoms with E-state index >= 15 is 0 Å². The van der Waals surface area contributed by atoms with Gasteiger partial charge in [0.1, 0.15) is 5.82 Å². The van der Waals surface area contributed by atoms with Crippen molar-refractivity contribution in [3.05, 3.63) is 53.2 Å². The predicted molar refractivity (Wildman–Crippen MR) is 114 cm³/mol. The molecule has 0 atom stereocenters. The second-order valence-corrected chi connectivity index (χ2v) is 9.13. The van der Waals surface area contributed by atoms with Crippen LogP contribution in [0.2, 0.25) is 5.02 Å². The maximum atomic E-state index is 12.4. The van der Waals surface area contributed by atoms with Gasteiger partial charge < -0.3 is 9.80 Å². The van der Waals surface area contributed by atoms with E-state index in [4.69, 9.17) is 11.6 Å². The number of carbonyl (C=O) groups is 2. The first-order valence-electron chi connectivity index (χ1n) is 9.51. The number of hydrogen-bond acceptors (Lipinski definition) is 6. The van der Waals surface area contributed by atoms with Gasteiger partial charge in [0.2, 0.25) is 15.9 Å². The Kier molecular flexibility index (Phi) is 7.06. The number of halogens is 1. The van der Waals surface area contributed by atoms with Crippen LogP contribution in [0.25, 0.3) is 0 Å². The Morgan fingerprint density at radius 2 is 1.73 bits per heavy atom. The van der Waals surface area contributed by atoms with Crippen LogP contribution < -0.4 is 9.62 Å². The molecule has 1 aliphatic rings. The van der Waals surface area contributed by atoms with Crippen LogP contribution >= 0.6 is 11.6 Å². The average Bonchev–Trinajstić information content (AvgIpc) is 2.74. The molecule has 0 unspecified atom stereocenters. The summed E-state index contributed by atoms with van der Waals surface area (Å²) in [5.74, 6) is 0.577. The second kappa shape index (κ2) is 9.55. The van der Waals surface area contributed by atoms with E-state index in [1.807, 2.05) is 6.07 Å². The van der Waals surface area contributed by atoms with Crippen LogP contribution in [0.15, 0.2) is 47.5 Å². The lowest BCUT2D eigenvalue weighted by molar-refractivity contribution is -0.131. The van der Waals surface area contributed by atoms with E-state index in [2.05, 4.69) is 14.6 Å². The molecule has 1 aliphatic heterocycles. The van der Waals surface area contributed by atoms with Crippen LogP contribution in [0.3, 0.4) is 0 Å². The number of sulfonamides is 1. The number of hydrogen-bond donors (Lipinski definition) is 1. The van der Waals surface area contributed by atoms with Crippen molar-refractivity contribution in [2.75, 3.05) is 37.6 Å². The van der Waals surface area contributed by atoms with Gasteiger partial charge in [0.05, 0.1) is 9.92 Å². The maximum Gasteiger partial charge on any atom is 0.240 e. The second-order valence-electron chi connectivity index (χ2n) is 6.93. The van der Waals surface area contributed by atoms with E-state index in [1.165, 1.54) is 31.2 Å². The van der Waals surface area contributed by atoms with Crippen molar-refractivity contribution in [3.63, 3.8) is 0 Å². The average molecular weight is 451 g/mol. The van der Waals surface area contributed by atoms with Crippen molar-refractivity contribution in [1.29, 1.82) is 0 Å². The van der Waals surface area contributed by atoms with E-state index in [0.717, 1.165) is 5.82 Å². The van der Waals surface area contributed by atoms with Gasteiger partial charge in [-0.25, -0.2) is 18.1 Å². The number of ketones is 1. The van der Waals surface area contributed by atoms with Crippen LogP contribution in [0.1, 0.15) is 23.7 Å². The molecule has 1 aromatic carbocycles. The first-order chi connectivity index (χ1) is 14.3. The molecule has 1 aromatic heterocycles. The molecule has 10 heteroatoms. The van der Waals surface area contributed by atoms with Crippen molar-refractivity contribution < 1.29 is 18.0 Å². The number of aromatic nitrogens is 1. The van der Waals surface area contributed by atoms with Gasteiger partial charge >= 0.3 is 0 Å². The standard InChI is InChI=1S/C20H23ClN4O4S/c1-15(26)16-2-5-18(6-3-16)30(28,29)23-9-8-20(27)25-12-10-24(11-13-25)19-7-4-17(21)14-22-19/h2-7,14,23H,8-13H2,1H3. The molecule has 8 nitrogen and oxygen atoms in total. The van der Waals surface area contributed by atoms with E-state index in [-0.39, 0.29) is 29.6 Å². The molecule has 3 rings (SSSR count). The normalized spacial score (nSPS) is 14.6. The largest absolute Gasteiger partial charge is 0.353 e. The van der Waals surface area contributed by atoms with Crippen LogP contribution in [0, 0.1) is 0 Å². The Morgan fingerprint density at radius 3 is 2.30 bits per heavy atom. The highest BCUT2D eigenvalue weighted by atomic mass is 35.5. The topological polar surface area (TPSA) is 99.7 Å². The first kappa shape index (κ1) is 22.2. The first-order valence-corrected chi connectivity index (χ1v) is 11.4. The number of Topliss-reactive ketones (excluding diaryl/α,β-unsaturated/α-hetero) is 1. The van der Waals surface area contributed by atoms with Crippen molar-refractivity contribution in [3.8, 4) is 0 Å². The summed E-state index contributed by atoms with van der Waals surface area (Å²) < 4.78 is 27.1. The Labute approximate surface area is 180 Å². The van der Waals surface area contributed by atoms with E-state index in [9.17, 15) is 18.0 Å². The third-order valence-corrected chi connectivity index (χ3v) is 6.57. The predicted octanol–water partition coefficient (Wildman–Crippen LogP) is 1.95. The minimum absolute atomic E-state index is 0.00851. The Morgan fingerprint density at radius 1 is 1.07 bits per heavy atom. The lowest BCUT2D eigenvalue weighted by atomic mass is 10.2. The summed E-state index contributed by atoms with van der Waals surface area (Å²) in [6.45, 7) is 3.81. The molecule has 1 saturated heterocycles. The summed E-state index contributed by atoms with van der Waals surface area (Å²) in [4.78, 5) is 31.9. The van der Waals surface area contributed by atoms with E-state index in [0.29, 0.717) is 36.8 Å². The number of benzene rings is 1. The highest BCUT2D eigenvalue weighted by Gasteiger charge is 2.22. The van der Waals surface area contributed by atoms with Crippen LogP contribution in [0.5, 0.6) is 0 Å². The zero-order chi connectivity index (χ0) is 21.7.